The lowest BCUT2D eigenvalue weighted by atomic mass is 10.1. The van der Waals surface area contributed by atoms with Gasteiger partial charge in [0.2, 0.25) is 5.91 Å². The highest BCUT2D eigenvalue weighted by atomic mass is 16.2. The average Bonchev–Trinajstić information content (AvgIpc) is 2.62. The van der Waals surface area contributed by atoms with Gasteiger partial charge in [-0.1, -0.05) is 70.4 Å². The highest BCUT2D eigenvalue weighted by molar-refractivity contribution is 6.65. The van der Waals surface area contributed by atoms with Gasteiger partial charge >= 0.3 is 0 Å². The van der Waals surface area contributed by atoms with Crippen molar-refractivity contribution in [3.8, 4) is 0 Å². The van der Waals surface area contributed by atoms with Crippen LogP contribution in [0.25, 0.3) is 0 Å². The van der Waals surface area contributed by atoms with Crippen LogP contribution in [0.5, 0.6) is 0 Å². The minimum Gasteiger partial charge on any atom is -0.364 e. The van der Waals surface area contributed by atoms with Crippen LogP contribution >= 0.6 is 0 Å². The van der Waals surface area contributed by atoms with Gasteiger partial charge in [-0.25, -0.2) is 4.99 Å². The number of nitrogens with zero attached hydrogens (tertiary/aromatic N) is 1. The molecule has 0 aliphatic rings. The zero-order valence-electron chi connectivity index (χ0n) is 16.9. The van der Waals surface area contributed by atoms with E-state index in [0.717, 1.165) is 32.1 Å². The van der Waals surface area contributed by atoms with Gasteiger partial charge in [0.15, 0.2) is 5.71 Å². The molecule has 0 saturated carbocycles. The molecule has 0 aliphatic heterocycles. The third-order valence-corrected chi connectivity index (χ3v) is 4.36. The van der Waals surface area contributed by atoms with E-state index in [1.165, 1.54) is 44.9 Å². The van der Waals surface area contributed by atoms with Gasteiger partial charge in [0.05, 0.1) is 0 Å². The Labute approximate surface area is 163 Å². The monoisotopic (exact) mass is 379 g/mol. The molecule has 0 heterocycles. The number of carbonyl (C=O) groups is 3. The number of unbranched alkanes of at least 4 members (excludes halogenated alkanes) is 11. The van der Waals surface area contributed by atoms with Crippen LogP contribution in [0, 0.1) is 0 Å². The van der Waals surface area contributed by atoms with Crippen LogP contribution in [0.3, 0.4) is 0 Å². The molecule has 27 heavy (non-hydrogen) atoms. The SMILES string of the molecule is CCCCCCCC/C=C/CCCCCCCC(=O)N=C(C(N)=O)C(N)=O. The molecule has 0 atom stereocenters. The molecule has 0 spiro atoms. The number of hydrogen-bond acceptors (Lipinski definition) is 3. The maximum Gasteiger partial charge on any atom is 0.273 e. The molecule has 6 nitrogen and oxygen atoms in total. The Morgan fingerprint density at radius 3 is 1.63 bits per heavy atom. The van der Waals surface area contributed by atoms with Crippen LogP contribution in [0.2, 0.25) is 0 Å². The second kappa shape index (κ2) is 17.4. The first-order valence-corrected chi connectivity index (χ1v) is 10.3. The van der Waals surface area contributed by atoms with E-state index in [1.54, 1.807) is 0 Å². The second-order valence-electron chi connectivity index (χ2n) is 6.92. The van der Waals surface area contributed by atoms with Crippen molar-refractivity contribution >= 4 is 23.4 Å². The Hall–Kier alpha value is -1.98. The summed E-state index contributed by atoms with van der Waals surface area (Å²) in [6, 6.07) is 0. The number of allylic oxidation sites excluding steroid dienone is 2. The fraction of sp³-hybridized carbons (Fsp3) is 0.714. The number of carbonyl (C=O) groups excluding carboxylic acids is 3. The molecule has 4 N–H and O–H groups in total. The summed E-state index contributed by atoms with van der Waals surface area (Å²) >= 11 is 0. The van der Waals surface area contributed by atoms with Gasteiger partial charge < -0.3 is 11.5 Å². The molecule has 0 aromatic rings. The molecule has 0 unspecified atom stereocenters. The highest BCUT2D eigenvalue weighted by Gasteiger charge is 2.15. The van der Waals surface area contributed by atoms with Gasteiger partial charge in [-0.05, 0) is 32.1 Å². The molecule has 0 aliphatic carbocycles. The maximum atomic E-state index is 11.6. The number of hydrogen-bond donors (Lipinski definition) is 2. The van der Waals surface area contributed by atoms with E-state index >= 15 is 0 Å². The first kappa shape index (κ1) is 25.0. The number of aliphatic imine (C=N–C) groups is 1. The Morgan fingerprint density at radius 1 is 0.704 bits per heavy atom. The van der Waals surface area contributed by atoms with Crippen molar-refractivity contribution in [1.29, 1.82) is 0 Å². The van der Waals surface area contributed by atoms with Gasteiger partial charge in [0.25, 0.3) is 11.8 Å². The minimum absolute atomic E-state index is 0.197. The Kier molecular flexibility index (Phi) is 16.2. The first-order valence-electron chi connectivity index (χ1n) is 10.3. The van der Waals surface area contributed by atoms with Gasteiger partial charge in [-0.2, -0.15) is 0 Å². The van der Waals surface area contributed by atoms with E-state index in [9.17, 15) is 14.4 Å². The van der Waals surface area contributed by atoms with E-state index < -0.39 is 23.4 Å². The van der Waals surface area contributed by atoms with Crippen molar-refractivity contribution in [1.82, 2.24) is 0 Å². The zero-order valence-corrected chi connectivity index (χ0v) is 16.9. The molecule has 0 aromatic heterocycles. The van der Waals surface area contributed by atoms with Crippen LogP contribution in [-0.2, 0) is 14.4 Å². The lowest BCUT2D eigenvalue weighted by molar-refractivity contribution is -0.120. The molecule has 0 fully saturated rings. The molecule has 0 bridgehead atoms. The van der Waals surface area contributed by atoms with E-state index in [0.29, 0.717) is 6.42 Å². The normalized spacial score (nSPS) is 10.9. The summed E-state index contributed by atoms with van der Waals surface area (Å²) in [6.07, 6.45) is 20.1. The van der Waals surface area contributed by atoms with Crippen LogP contribution < -0.4 is 11.5 Å². The number of nitrogens with two attached hydrogens (primary N) is 2. The first-order chi connectivity index (χ1) is 13.0. The van der Waals surface area contributed by atoms with Gasteiger partial charge in [-0.15, -0.1) is 0 Å². The van der Waals surface area contributed by atoms with E-state index in [2.05, 4.69) is 24.1 Å². The van der Waals surface area contributed by atoms with Crippen LogP contribution in [0.1, 0.15) is 96.8 Å². The fourth-order valence-corrected chi connectivity index (χ4v) is 2.76. The summed E-state index contributed by atoms with van der Waals surface area (Å²) in [4.78, 5) is 36.8. The standard InChI is InChI=1S/C21H37N3O3/c1-2-3-4-5-6-7-8-9-10-11-12-13-14-15-16-17-18(25)24-19(20(22)26)21(23)27/h9-10H,2-8,11-17H2,1H3,(H2,22,26)(H2,23,27)/b10-9+. The van der Waals surface area contributed by atoms with E-state index in [4.69, 9.17) is 11.5 Å². The summed E-state index contributed by atoms with van der Waals surface area (Å²) in [7, 11) is 0. The van der Waals surface area contributed by atoms with E-state index in [-0.39, 0.29) is 6.42 Å². The Bertz CT molecular complexity index is 483. The quantitative estimate of drug-likeness (QED) is 0.172. The van der Waals surface area contributed by atoms with Crippen LogP contribution in [-0.4, -0.2) is 23.4 Å². The molecule has 154 valence electrons. The van der Waals surface area contributed by atoms with Crippen molar-refractivity contribution in [2.24, 2.45) is 16.5 Å². The number of rotatable bonds is 17. The number of amides is 3. The molecule has 3 amide bonds. The molecule has 0 rings (SSSR count). The maximum absolute atomic E-state index is 11.6. The minimum atomic E-state index is -1.07. The van der Waals surface area contributed by atoms with Crippen LogP contribution in [0.4, 0.5) is 0 Å². The summed E-state index contributed by atoms with van der Waals surface area (Å²) in [5.74, 6) is -2.67. The lowest BCUT2D eigenvalue weighted by Gasteiger charge is -2.00. The van der Waals surface area contributed by atoms with E-state index in [1.807, 2.05) is 0 Å². The zero-order chi connectivity index (χ0) is 20.3. The smallest absolute Gasteiger partial charge is 0.273 e. The van der Waals surface area contributed by atoms with Crippen molar-refractivity contribution in [3.63, 3.8) is 0 Å². The molecular weight excluding hydrogens is 342 g/mol. The molecule has 0 radical (unpaired) electrons. The fourth-order valence-electron chi connectivity index (χ4n) is 2.76. The summed E-state index contributed by atoms with van der Waals surface area (Å²) in [6.45, 7) is 2.24. The number of primary amides is 2. The third-order valence-electron chi connectivity index (χ3n) is 4.36. The third kappa shape index (κ3) is 16.0. The summed E-state index contributed by atoms with van der Waals surface area (Å²) < 4.78 is 0. The van der Waals surface area contributed by atoms with Gasteiger partial charge in [0, 0.05) is 6.42 Å². The molecular formula is C21H37N3O3. The Morgan fingerprint density at radius 2 is 1.15 bits per heavy atom. The van der Waals surface area contributed by atoms with Crippen molar-refractivity contribution in [2.75, 3.05) is 0 Å². The predicted octanol–water partition coefficient (Wildman–Crippen LogP) is 3.96. The summed E-state index contributed by atoms with van der Waals surface area (Å²) in [5, 5.41) is 0. The van der Waals surface area contributed by atoms with Gasteiger partial charge in [0.1, 0.15) is 0 Å². The summed E-state index contributed by atoms with van der Waals surface area (Å²) in [5.41, 5.74) is 9.21. The molecule has 6 heteroatoms. The van der Waals surface area contributed by atoms with Crippen molar-refractivity contribution in [3.05, 3.63) is 12.2 Å². The molecule has 0 aromatic carbocycles. The molecule has 0 saturated heterocycles. The topological polar surface area (TPSA) is 116 Å². The van der Waals surface area contributed by atoms with Crippen LogP contribution in [0.15, 0.2) is 17.1 Å². The van der Waals surface area contributed by atoms with Crippen molar-refractivity contribution in [2.45, 2.75) is 96.8 Å². The van der Waals surface area contributed by atoms with Crippen molar-refractivity contribution < 1.29 is 14.4 Å². The predicted molar refractivity (Wildman–Crippen MR) is 110 cm³/mol. The highest BCUT2D eigenvalue weighted by Crippen LogP contribution is 2.10. The Balaban J connectivity index is 3.55. The lowest BCUT2D eigenvalue weighted by Crippen LogP contribution is -2.36. The average molecular weight is 380 g/mol. The van der Waals surface area contributed by atoms with Gasteiger partial charge in [-0.3, -0.25) is 14.4 Å². The largest absolute Gasteiger partial charge is 0.364 e. The second-order valence-corrected chi connectivity index (χ2v) is 6.92.